The highest BCUT2D eigenvalue weighted by Crippen LogP contribution is 2.33. The normalized spacial score (nSPS) is 12.3. The quantitative estimate of drug-likeness (QED) is 0.248. The van der Waals surface area contributed by atoms with Crippen molar-refractivity contribution in [1.82, 2.24) is 5.32 Å². The maximum absolute atomic E-state index is 11.5. The van der Waals surface area contributed by atoms with E-state index in [1.54, 1.807) is 0 Å². The minimum Gasteiger partial charge on any atom is -0.441 e. The molecule has 11 nitrogen and oxygen atoms in total. The van der Waals surface area contributed by atoms with Crippen LogP contribution in [0.15, 0.2) is 18.2 Å². The van der Waals surface area contributed by atoms with Crippen LogP contribution >= 0.6 is 0 Å². The summed E-state index contributed by atoms with van der Waals surface area (Å²) < 4.78 is 39.6. The van der Waals surface area contributed by atoms with Crippen LogP contribution in [0.2, 0.25) is 0 Å². The van der Waals surface area contributed by atoms with Crippen molar-refractivity contribution in [3.05, 3.63) is 33.9 Å². The summed E-state index contributed by atoms with van der Waals surface area (Å²) >= 11 is 0. The van der Waals surface area contributed by atoms with Gasteiger partial charge >= 0.3 is 22.2 Å². The number of ether oxygens (including phenoxy) is 1. The topological polar surface area (TPSA) is 171 Å². The molecule has 1 aromatic carbocycles. The lowest BCUT2D eigenvalue weighted by Gasteiger charge is -2.18. The molecular formula is C13H19N3O8S. The van der Waals surface area contributed by atoms with Crippen molar-refractivity contribution in [2.45, 2.75) is 25.4 Å². The molecular weight excluding hydrogens is 358 g/mol. The van der Waals surface area contributed by atoms with Crippen LogP contribution in [0.3, 0.4) is 0 Å². The number of nitro groups is 1. The summed E-state index contributed by atoms with van der Waals surface area (Å²) in [4.78, 5) is 21.7. The molecule has 0 aliphatic carbocycles. The van der Waals surface area contributed by atoms with Gasteiger partial charge in [-0.15, -0.1) is 0 Å². The molecule has 0 aliphatic heterocycles. The second-order valence-electron chi connectivity index (χ2n) is 4.92. The molecule has 0 heterocycles. The van der Waals surface area contributed by atoms with E-state index in [9.17, 15) is 23.3 Å². The zero-order chi connectivity index (χ0) is 19.0. The fourth-order valence-corrected chi connectivity index (χ4v) is 2.38. The third-order valence-corrected chi connectivity index (χ3v) is 3.51. The van der Waals surface area contributed by atoms with E-state index in [0.717, 1.165) is 12.1 Å². The summed E-state index contributed by atoms with van der Waals surface area (Å²) in [5.41, 5.74) is 5.00. The maximum atomic E-state index is 11.5. The standard InChI is InChI=1S/C13H19N3O8S/c1-15-13(17)23-11(4-2-3-7-14)9-5-6-12(24-25(20,21)22)10(8-9)16(18)19/h5-6,8,11H,2-4,7,14H2,1H3,(H,15,17)(H,20,21,22). The van der Waals surface area contributed by atoms with Crippen molar-refractivity contribution in [3.63, 3.8) is 0 Å². The number of unbranched alkanes of at least 4 members (excludes halogenated alkanes) is 1. The van der Waals surface area contributed by atoms with Gasteiger partial charge in [0.15, 0.2) is 0 Å². The number of nitrogens with zero attached hydrogens (tertiary/aromatic N) is 1. The van der Waals surface area contributed by atoms with Crippen molar-refractivity contribution in [3.8, 4) is 5.75 Å². The van der Waals surface area contributed by atoms with Crippen molar-refractivity contribution >= 4 is 22.2 Å². The average molecular weight is 377 g/mol. The summed E-state index contributed by atoms with van der Waals surface area (Å²) in [6, 6.07) is 3.34. The Labute approximate surface area is 144 Å². The van der Waals surface area contributed by atoms with Gasteiger partial charge in [-0.05, 0) is 37.4 Å². The number of carbonyl (C=O) groups excluding carboxylic acids is 1. The lowest BCUT2D eigenvalue weighted by Crippen LogP contribution is -2.22. The Kier molecular flexibility index (Phi) is 7.54. The minimum absolute atomic E-state index is 0.273. The lowest BCUT2D eigenvalue weighted by molar-refractivity contribution is -0.385. The van der Waals surface area contributed by atoms with Gasteiger partial charge < -0.3 is 20.0 Å². The van der Waals surface area contributed by atoms with E-state index in [2.05, 4.69) is 9.50 Å². The number of nitrogens with two attached hydrogens (primary N) is 1. The number of nitro benzene ring substituents is 1. The van der Waals surface area contributed by atoms with Gasteiger partial charge in [-0.1, -0.05) is 6.07 Å². The molecule has 0 saturated carbocycles. The van der Waals surface area contributed by atoms with E-state index in [0.29, 0.717) is 25.8 Å². The second-order valence-corrected chi connectivity index (χ2v) is 5.95. The Hall–Kier alpha value is -2.44. The highest BCUT2D eigenvalue weighted by Gasteiger charge is 2.24. The first-order valence-electron chi connectivity index (χ1n) is 7.21. The molecule has 1 unspecified atom stereocenters. The first-order valence-corrected chi connectivity index (χ1v) is 8.58. The summed E-state index contributed by atoms with van der Waals surface area (Å²) in [5, 5.41) is 13.4. The number of hydrogen-bond donors (Lipinski definition) is 3. The second kappa shape index (κ2) is 9.15. The Balaban J connectivity index is 3.18. The summed E-state index contributed by atoms with van der Waals surface area (Å²) in [6.45, 7) is 0.438. The highest BCUT2D eigenvalue weighted by molar-refractivity contribution is 7.81. The zero-order valence-electron chi connectivity index (χ0n) is 13.4. The van der Waals surface area contributed by atoms with E-state index in [1.807, 2.05) is 0 Å². The van der Waals surface area contributed by atoms with Crippen LogP contribution in [-0.4, -0.2) is 37.6 Å². The zero-order valence-corrected chi connectivity index (χ0v) is 14.2. The number of hydrogen-bond acceptors (Lipinski definition) is 8. The first-order chi connectivity index (χ1) is 11.7. The number of carbonyl (C=O) groups is 1. The molecule has 1 atom stereocenters. The molecule has 0 aliphatic rings. The molecule has 0 fully saturated rings. The van der Waals surface area contributed by atoms with Gasteiger partial charge in [0.05, 0.1) is 4.92 Å². The van der Waals surface area contributed by atoms with E-state index in [1.165, 1.54) is 13.1 Å². The number of benzene rings is 1. The predicted molar refractivity (Wildman–Crippen MR) is 86.5 cm³/mol. The summed E-state index contributed by atoms with van der Waals surface area (Å²) in [7, 11) is -3.55. The Morgan fingerprint density at radius 3 is 2.64 bits per heavy atom. The van der Waals surface area contributed by atoms with Gasteiger partial charge in [0.25, 0.3) is 0 Å². The van der Waals surface area contributed by atoms with Crippen LogP contribution in [0.5, 0.6) is 5.75 Å². The van der Waals surface area contributed by atoms with Crippen molar-refractivity contribution in [2.24, 2.45) is 5.73 Å². The summed E-state index contributed by atoms with van der Waals surface area (Å²) in [5.74, 6) is -0.656. The van der Waals surface area contributed by atoms with Gasteiger partial charge in [0, 0.05) is 13.1 Å². The average Bonchev–Trinajstić information content (AvgIpc) is 2.52. The van der Waals surface area contributed by atoms with Gasteiger partial charge in [-0.25, -0.2) is 4.79 Å². The summed E-state index contributed by atoms with van der Waals surface area (Å²) in [6.07, 6.45) is 0.110. The molecule has 0 spiro atoms. The number of alkyl carbamates (subject to hydrolysis) is 1. The molecule has 25 heavy (non-hydrogen) atoms. The fourth-order valence-electron chi connectivity index (χ4n) is 2.02. The largest absolute Gasteiger partial charge is 0.446 e. The molecule has 4 N–H and O–H groups in total. The molecule has 0 bridgehead atoms. The van der Waals surface area contributed by atoms with Crippen LogP contribution < -0.4 is 15.2 Å². The molecule has 1 rings (SSSR count). The molecule has 0 saturated heterocycles. The molecule has 12 heteroatoms. The van der Waals surface area contributed by atoms with E-state index in [4.69, 9.17) is 15.0 Å². The fraction of sp³-hybridized carbons (Fsp3) is 0.462. The smallest absolute Gasteiger partial charge is 0.441 e. The highest BCUT2D eigenvalue weighted by atomic mass is 32.3. The first kappa shape index (κ1) is 20.6. The van der Waals surface area contributed by atoms with Crippen LogP contribution in [0, 0.1) is 10.1 Å². The number of amides is 1. The van der Waals surface area contributed by atoms with Crippen molar-refractivity contribution in [2.75, 3.05) is 13.6 Å². The molecule has 0 aromatic heterocycles. The van der Waals surface area contributed by atoms with Gasteiger partial charge in [-0.3, -0.25) is 14.7 Å². The van der Waals surface area contributed by atoms with Crippen molar-refractivity contribution < 1.29 is 31.6 Å². The predicted octanol–water partition coefficient (Wildman–Crippen LogP) is 1.30. The van der Waals surface area contributed by atoms with E-state index < -0.39 is 39.0 Å². The number of rotatable bonds is 9. The Morgan fingerprint density at radius 2 is 2.12 bits per heavy atom. The van der Waals surface area contributed by atoms with Gasteiger partial charge in [0.1, 0.15) is 6.10 Å². The van der Waals surface area contributed by atoms with Gasteiger partial charge in [-0.2, -0.15) is 8.42 Å². The Morgan fingerprint density at radius 1 is 1.44 bits per heavy atom. The SMILES string of the molecule is CNC(=O)OC(CCCCN)c1ccc(OS(=O)(=O)O)c([N+](=O)[O-])c1. The van der Waals surface area contributed by atoms with Crippen LogP contribution in [0.1, 0.15) is 30.9 Å². The Bertz CT molecular complexity index is 722. The minimum atomic E-state index is -4.92. The van der Waals surface area contributed by atoms with E-state index in [-0.39, 0.29) is 5.56 Å². The molecule has 1 aromatic rings. The molecule has 140 valence electrons. The van der Waals surface area contributed by atoms with Crippen molar-refractivity contribution in [1.29, 1.82) is 0 Å². The maximum Gasteiger partial charge on any atom is 0.446 e. The van der Waals surface area contributed by atoms with Crippen LogP contribution in [0.25, 0.3) is 0 Å². The van der Waals surface area contributed by atoms with Crippen LogP contribution in [0.4, 0.5) is 10.5 Å². The monoisotopic (exact) mass is 377 g/mol. The number of nitrogens with one attached hydrogen (secondary N) is 1. The third-order valence-electron chi connectivity index (χ3n) is 3.12. The third kappa shape index (κ3) is 6.91. The van der Waals surface area contributed by atoms with Gasteiger partial charge in [0.2, 0.25) is 5.75 Å². The van der Waals surface area contributed by atoms with Crippen LogP contribution in [-0.2, 0) is 15.1 Å². The molecule has 0 radical (unpaired) electrons. The van der Waals surface area contributed by atoms with E-state index >= 15 is 0 Å². The lowest BCUT2D eigenvalue weighted by atomic mass is 10.0. The molecule has 1 amide bonds.